The molecule has 0 aromatic rings. The Kier molecular flexibility index (Phi) is 7.82. The predicted molar refractivity (Wildman–Crippen MR) is 71.3 cm³/mol. The molecule has 17 heavy (non-hydrogen) atoms. The van der Waals surface area contributed by atoms with Gasteiger partial charge in [-0.05, 0) is 39.7 Å². The van der Waals surface area contributed by atoms with Gasteiger partial charge in [-0.3, -0.25) is 0 Å². The maximum absolute atomic E-state index is 5.70. The molecule has 3 nitrogen and oxygen atoms in total. The van der Waals surface area contributed by atoms with Crippen LogP contribution in [0.5, 0.6) is 0 Å². The average Bonchev–Trinajstić information content (AvgIpc) is 2.34. The Hall–Kier alpha value is -0.120. The lowest BCUT2D eigenvalue weighted by Gasteiger charge is -2.29. The largest absolute Gasteiger partial charge is 0.377 e. The lowest BCUT2D eigenvalue weighted by molar-refractivity contribution is 0.00823. The van der Waals surface area contributed by atoms with Gasteiger partial charge in [-0.25, -0.2) is 0 Å². The van der Waals surface area contributed by atoms with Gasteiger partial charge < -0.3 is 14.8 Å². The van der Waals surface area contributed by atoms with Crippen LogP contribution < -0.4 is 5.32 Å². The summed E-state index contributed by atoms with van der Waals surface area (Å²) in [6.07, 6.45) is 7.21. The molecule has 1 aliphatic carbocycles. The minimum atomic E-state index is 0.303. The van der Waals surface area contributed by atoms with Gasteiger partial charge in [0.1, 0.15) is 0 Å². The van der Waals surface area contributed by atoms with Crippen LogP contribution in [-0.2, 0) is 9.47 Å². The van der Waals surface area contributed by atoms with Crippen LogP contribution >= 0.6 is 0 Å². The van der Waals surface area contributed by atoms with Gasteiger partial charge in [-0.15, -0.1) is 0 Å². The predicted octanol–water partition coefficient (Wildman–Crippen LogP) is 2.60. The van der Waals surface area contributed by atoms with Crippen molar-refractivity contribution in [1.82, 2.24) is 5.32 Å². The van der Waals surface area contributed by atoms with Crippen LogP contribution in [0.1, 0.15) is 46.0 Å². The molecule has 0 aromatic carbocycles. The monoisotopic (exact) mass is 243 g/mol. The van der Waals surface area contributed by atoms with E-state index < -0.39 is 0 Å². The smallest absolute Gasteiger partial charge is 0.0703 e. The number of hydrogen-bond acceptors (Lipinski definition) is 3. The second-order valence-corrected chi connectivity index (χ2v) is 5.29. The fourth-order valence-electron chi connectivity index (χ4n) is 2.54. The fourth-order valence-corrected chi connectivity index (χ4v) is 2.54. The summed E-state index contributed by atoms with van der Waals surface area (Å²) in [6, 6.07) is 0.523. The standard InChI is InChI=1S/C14H29NO2/c1-12(2)17-10-9-16-11-14(15-3)13-7-5-4-6-8-13/h12-15H,4-11H2,1-3H3. The van der Waals surface area contributed by atoms with Crippen LogP contribution in [-0.4, -0.2) is 39.0 Å². The maximum Gasteiger partial charge on any atom is 0.0703 e. The molecule has 0 spiro atoms. The Morgan fingerprint density at radius 1 is 1.12 bits per heavy atom. The first-order valence-electron chi connectivity index (χ1n) is 7.10. The highest BCUT2D eigenvalue weighted by atomic mass is 16.5. The van der Waals surface area contributed by atoms with E-state index in [4.69, 9.17) is 9.47 Å². The second-order valence-electron chi connectivity index (χ2n) is 5.29. The molecule has 3 heteroatoms. The summed E-state index contributed by atoms with van der Waals surface area (Å²) in [6.45, 7) is 6.35. The summed E-state index contributed by atoms with van der Waals surface area (Å²) in [7, 11) is 2.05. The van der Waals surface area contributed by atoms with E-state index in [0.717, 1.165) is 12.5 Å². The second kappa shape index (κ2) is 8.90. The molecule has 0 aliphatic heterocycles. The van der Waals surface area contributed by atoms with Gasteiger partial charge in [0.2, 0.25) is 0 Å². The van der Waals surface area contributed by atoms with E-state index in [0.29, 0.717) is 25.4 Å². The highest BCUT2D eigenvalue weighted by Gasteiger charge is 2.22. The van der Waals surface area contributed by atoms with E-state index in [-0.39, 0.29) is 0 Å². The Balaban J connectivity index is 2.09. The Labute approximate surface area is 106 Å². The number of nitrogens with one attached hydrogen (secondary N) is 1. The van der Waals surface area contributed by atoms with Gasteiger partial charge in [0, 0.05) is 6.04 Å². The number of likely N-dealkylation sites (N-methyl/N-ethyl adjacent to an activating group) is 1. The summed E-state index contributed by atoms with van der Waals surface area (Å²) in [5, 5.41) is 3.41. The van der Waals surface area contributed by atoms with Gasteiger partial charge in [-0.1, -0.05) is 19.3 Å². The third-order valence-electron chi connectivity index (χ3n) is 3.57. The molecule has 0 amide bonds. The minimum absolute atomic E-state index is 0.303. The molecule has 0 radical (unpaired) electrons. The Bertz CT molecular complexity index is 179. The van der Waals surface area contributed by atoms with Crippen molar-refractivity contribution in [2.24, 2.45) is 5.92 Å². The van der Waals surface area contributed by atoms with Crippen molar-refractivity contribution < 1.29 is 9.47 Å². The number of ether oxygens (including phenoxy) is 2. The zero-order chi connectivity index (χ0) is 12.5. The van der Waals surface area contributed by atoms with Crippen LogP contribution in [0.2, 0.25) is 0 Å². The molecule has 1 unspecified atom stereocenters. The lowest BCUT2D eigenvalue weighted by atomic mass is 9.84. The first-order chi connectivity index (χ1) is 8.24. The van der Waals surface area contributed by atoms with E-state index in [1.54, 1.807) is 0 Å². The molecule has 0 aromatic heterocycles. The Morgan fingerprint density at radius 3 is 2.41 bits per heavy atom. The summed E-state index contributed by atoms with van der Waals surface area (Å²) in [4.78, 5) is 0. The minimum Gasteiger partial charge on any atom is -0.377 e. The lowest BCUT2D eigenvalue weighted by Crippen LogP contribution is -2.39. The maximum atomic E-state index is 5.70. The topological polar surface area (TPSA) is 30.5 Å². The quantitative estimate of drug-likeness (QED) is 0.665. The normalized spacial score (nSPS) is 19.8. The molecule has 1 aliphatic rings. The third kappa shape index (κ3) is 6.39. The van der Waals surface area contributed by atoms with Crippen molar-refractivity contribution in [3.8, 4) is 0 Å². The van der Waals surface area contributed by atoms with Crippen molar-refractivity contribution in [3.63, 3.8) is 0 Å². The highest BCUT2D eigenvalue weighted by molar-refractivity contribution is 4.77. The van der Waals surface area contributed by atoms with Gasteiger partial charge >= 0.3 is 0 Å². The summed E-state index contributed by atoms with van der Waals surface area (Å²) in [5.74, 6) is 0.805. The summed E-state index contributed by atoms with van der Waals surface area (Å²) in [5.41, 5.74) is 0. The van der Waals surface area contributed by atoms with E-state index in [1.807, 2.05) is 7.05 Å². The SMILES string of the molecule is CNC(COCCOC(C)C)C1CCCCC1. The van der Waals surface area contributed by atoms with Crippen molar-refractivity contribution in [3.05, 3.63) is 0 Å². The molecule has 102 valence electrons. The van der Waals surface area contributed by atoms with Crippen molar-refractivity contribution in [1.29, 1.82) is 0 Å². The molecule has 1 saturated carbocycles. The van der Waals surface area contributed by atoms with E-state index in [2.05, 4.69) is 19.2 Å². The summed E-state index contributed by atoms with van der Waals surface area (Å²) >= 11 is 0. The molecule has 1 atom stereocenters. The summed E-state index contributed by atoms with van der Waals surface area (Å²) < 4.78 is 11.2. The van der Waals surface area contributed by atoms with E-state index in [1.165, 1.54) is 32.1 Å². The molecule has 1 fully saturated rings. The van der Waals surface area contributed by atoms with Gasteiger partial charge in [-0.2, -0.15) is 0 Å². The van der Waals surface area contributed by atoms with Crippen molar-refractivity contribution >= 4 is 0 Å². The van der Waals surface area contributed by atoms with Crippen LogP contribution in [0.25, 0.3) is 0 Å². The Morgan fingerprint density at radius 2 is 1.82 bits per heavy atom. The zero-order valence-corrected chi connectivity index (χ0v) is 11.7. The van der Waals surface area contributed by atoms with Gasteiger partial charge in [0.15, 0.2) is 0 Å². The van der Waals surface area contributed by atoms with Crippen molar-refractivity contribution in [2.75, 3.05) is 26.9 Å². The van der Waals surface area contributed by atoms with Crippen LogP contribution in [0.15, 0.2) is 0 Å². The molecule has 0 saturated heterocycles. The fraction of sp³-hybridized carbons (Fsp3) is 1.00. The zero-order valence-electron chi connectivity index (χ0n) is 11.7. The molecular formula is C14H29NO2. The van der Waals surface area contributed by atoms with Crippen LogP contribution in [0.3, 0.4) is 0 Å². The molecule has 0 bridgehead atoms. The first-order valence-corrected chi connectivity index (χ1v) is 7.10. The molecule has 1 rings (SSSR count). The van der Waals surface area contributed by atoms with E-state index in [9.17, 15) is 0 Å². The van der Waals surface area contributed by atoms with Crippen LogP contribution in [0, 0.1) is 5.92 Å². The number of hydrogen-bond donors (Lipinski definition) is 1. The highest BCUT2D eigenvalue weighted by Crippen LogP contribution is 2.26. The molecule has 0 heterocycles. The first kappa shape index (κ1) is 14.9. The van der Waals surface area contributed by atoms with Crippen LogP contribution in [0.4, 0.5) is 0 Å². The van der Waals surface area contributed by atoms with Crippen molar-refractivity contribution in [2.45, 2.75) is 58.1 Å². The third-order valence-corrected chi connectivity index (χ3v) is 3.57. The van der Waals surface area contributed by atoms with E-state index >= 15 is 0 Å². The van der Waals surface area contributed by atoms with Gasteiger partial charge in [0.05, 0.1) is 25.9 Å². The molecular weight excluding hydrogens is 214 g/mol. The van der Waals surface area contributed by atoms with Gasteiger partial charge in [0.25, 0.3) is 0 Å². The number of rotatable bonds is 8. The molecule has 1 N–H and O–H groups in total. The average molecular weight is 243 g/mol.